The van der Waals surface area contributed by atoms with E-state index in [-0.39, 0.29) is 5.91 Å². The molecule has 30 heavy (non-hydrogen) atoms. The van der Waals surface area contributed by atoms with Crippen LogP contribution in [0.2, 0.25) is 0 Å². The van der Waals surface area contributed by atoms with E-state index < -0.39 is 0 Å². The summed E-state index contributed by atoms with van der Waals surface area (Å²) in [7, 11) is 5.08. The van der Waals surface area contributed by atoms with Crippen molar-refractivity contribution in [2.24, 2.45) is 4.99 Å². The van der Waals surface area contributed by atoms with E-state index in [2.05, 4.69) is 26.6 Å². The van der Waals surface area contributed by atoms with E-state index in [1.54, 1.807) is 21.3 Å². The van der Waals surface area contributed by atoms with Gasteiger partial charge in [-0.2, -0.15) is 0 Å². The summed E-state index contributed by atoms with van der Waals surface area (Å²) in [6, 6.07) is 11.7. The van der Waals surface area contributed by atoms with Crippen LogP contribution in [-0.4, -0.2) is 57.7 Å². The van der Waals surface area contributed by atoms with Crippen molar-refractivity contribution >= 4 is 11.9 Å². The third-order valence-electron chi connectivity index (χ3n) is 5.20. The maximum atomic E-state index is 12.3. The summed E-state index contributed by atoms with van der Waals surface area (Å²) in [6.07, 6.45) is 0.903. The van der Waals surface area contributed by atoms with E-state index >= 15 is 0 Å². The summed E-state index contributed by atoms with van der Waals surface area (Å²) in [5.74, 6) is 2.25. The number of amides is 1. The van der Waals surface area contributed by atoms with Gasteiger partial charge in [0.05, 0.1) is 14.2 Å². The second-order valence-corrected chi connectivity index (χ2v) is 7.25. The Bertz CT molecular complexity index is 927. The number of guanidine groups is 1. The lowest BCUT2D eigenvalue weighted by molar-refractivity contribution is 0.0954. The van der Waals surface area contributed by atoms with Crippen LogP contribution in [0.25, 0.3) is 0 Å². The number of hydrogen-bond donors (Lipinski definition) is 2. The van der Waals surface area contributed by atoms with Gasteiger partial charge < -0.3 is 25.0 Å². The Labute approximate surface area is 178 Å². The summed E-state index contributed by atoms with van der Waals surface area (Å²) >= 11 is 0. The highest BCUT2D eigenvalue weighted by molar-refractivity contribution is 5.94. The van der Waals surface area contributed by atoms with Crippen molar-refractivity contribution < 1.29 is 14.3 Å². The molecule has 0 fully saturated rings. The van der Waals surface area contributed by atoms with Crippen molar-refractivity contribution in [1.29, 1.82) is 0 Å². The Balaban J connectivity index is 1.54. The number of methoxy groups -OCH3 is 2. The Morgan fingerprint density at radius 2 is 1.77 bits per heavy atom. The smallest absolute Gasteiger partial charge is 0.251 e. The second-order valence-electron chi connectivity index (χ2n) is 7.25. The van der Waals surface area contributed by atoms with Crippen LogP contribution in [0.4, 0.5) is 0 Å². The van der Waals surface area contributed by atoms with Gasteiger partial charge in [0.1, 0.15) is 0 Å². The van der Waals surface area contributed by atoms with Gasteiger partial charge >= 0.3 is 0 Å². The molecule has 160 valence electrons. The van der Waals surface area contributed by atoms with Gasteiger partial charge in [0.25, 0.3) is 5.91 Å². The molecule has 0 saturated carbocycles. The molecule has 1 aliphatic rings. The van der Waals surface area contributed by atoms with Crippen LogP contribution in [0.5, 0.6) is 11.5 Å². The first-order chi connectivity index (χ1) is 14.5. The minimum Gasteiger partial charge on any atom is -0.493 e. The summed E-state index contributed by atoms with van der Waals surface area (Å²) in [4.78, 5) is 18.9. The van der Waals surface area contributed by atoms with E-state index in [1.165, 1.54) is 11.1 Å². The number of aliphatic imine (C=N–C) groups is 1. The van der Waals surface area contributed by atoms with Gasteiger partial charge in [0.2, 0.25) is 0 Å². The predicted molar refractivity (Wildman–Crippen MR) is 119 cm³/mol. The van der Waals surface area contributed by atoms with Crippen LogP contribution < -0.4 is 20.1 Å². The molecule has 7 nitrogen and oxygen atoms in total. The highest BCUT2D eigenvalue weighted by Crippen LogP contribution is 2.33. The van der Waals surface area contributed by atoms with Crippen LogP contribution >= 0.6 is 0 Å². The molecule has 2 N–H and O–H groups in total. The van der Waals surface area contributed by atoms with E-state index in [4.69, 9.17) is 9.47 Å². The summed E-state index contributed by atoms with van der Waals surface area (Å²) < 4.78 is 10.9. The lowest BCUT2D eigenvalue weighted by atomic mass is 9.99. The molecule has 0 saturated heterocycles. The topological polar surface area (TPSA) is 75.2 Å². The van der Waals surface area contributed by atoms with Crippen LogP contribution in [0.3, 0.4) is 0 Å². The molecule has 2 aromatic carbocycles. The fraction of sp³-hybridized carbons (Fsp3) is 0.391. The first-order valence-corrected chi connectivity index (χ1v) is 10.1. The van der Waals surface area contributed by atoms with Crippen LogP contribution in [0.15, 0.2) is 41.4 Å². The summed E-state index contributed by atoms with van der Waals surface area (Å²) in [5, 5.41) is 6.29. The molecule has 3 rings (SSSR count). The molecule has 7 heteroatoms. The monoisotopic (exact) mass is 410 g/mol. The number of carbonyl (C=O) groups excluding carboxylic acids is 1. The van der Waals surface area contributed by atoms with Gasteiger partial charge in [0.15, 0.2) is 17.5 Å². The zero-order valence-electron chi connectivity index (χ0n) is 18.1. The molecule has 0 radical (unpaired) electrons. The number of nitrogens with zero attached hydrogens (tertiary/aromatic N) is 2. The molecule has 1 aliphatic heterocycles. The van der Waals surface area contributed by atoms with E-state index in [1.807, 2.05) is 37.3 Å². The van der Waals surface area contributed by atoms with Crippen LogP contribution in [-0.2, 0) is 13.0 Å². The predicted octanol–water partition coefficient (Wildman–Crippen LogP) is 2.38. The quantitative estimate of drug-likeness (QED) is 0.435. The van der Waals surface area contributed by atoms with Crippen molar-refractivity contribution in [1.82, 2.24) is 15.5 Å². The highest BCUT2D eigenvalue weighted by atomic mass is 16.5. The normalized spacial score (nSPS) is 13.5. The zero-order chi connectivity index (χ0) is 21.5. The zero-order valence-corrected chi connectivity index (χ0v) is 18.1. The van der Waals surface area contributed by atoms with Gasteiger partial charge in [-0.1, -0.05) is 17.7 Å². The Kier molecular flexibility index (Phi) is 7.17. The Hall–Kier alpha value is -3.22. The largest absolute Gasteiger partial charge is 0.493 e. The lowest BCUT2D eigenvalue weighted by Crippen LogP contribution is -2.46. The Morgan fingerprint density at radius 1 is 1.07 bits per heavy atom. The number of nitrogens with one attached hydrogen (secondary N) is 2. The number of benzene rings is 2. The van der Waals surface area contributed by atoms with Crippen molar-refractivity contribution in [3.8, 4) is 11.5 Å². The molecule has 1 amide bonds. The van der Waals surface area contributed by atoms with Crippen molar-refractivity contribution in [3.05, 3.63) is 58.7 Å². The van der Waals surface area contributed by atoms with E-state index in [9.17, 15) is 4.79 Å². The highest BCUT2D eigenvalue weighted by Gasteiger charge is 2.21. The molecule has 2 aromatic rings. The third-order valence-corrected chi connectivity index (χ3v) is 5.20. The third kappa shape index (κ3) is 5.03. The molecule has 0 aliphatic carbocycles. The lowest BCUT2D eigenvalue weighted by Gasteiger charge is -2.32. The SMILES string of the molecule is CN=C(NCCNC(=O)c1cccc(C)c1)N1CCc2cc(OC)c(OC)cc2C1. The van der Waals surface area contributed by atoms with E-state index in [0.717, 1.165) is 42.5 Å². The maximum Gasteiger partial charge on any atom is 0.251 e. The van der Waals surface area contributed by atoms with Crippen LogP contribution in [0, 0.1) is 6.92 Å². The summed E-state index contributed by atoms with van der Waals surface area (Å²) in [5.41, 5.74) is 4.22. The minimum atomic E-state index is -0.0663. The number of hydrogen-bond acceptors (Lipinski definition) is 4. The number of rotatable bonds is 6. The number of aryl methyl sites for hydroxylation is 1. The molecule has 0 unspecified atom stereocenters. The van der Waals surface area contributed by atoms with Gasteiger partial charge in [-0.05, 0) is 48.7 Å². The molecular weight excluding hydrogens is 380 g/mol. The van der Waals surface area contributed by atoms with Gasteiger partial charge in [-0.15, -0.1) is 0 Å². The van der Waals surface area contributed by atoms with Crippen molar-refractivity contribution in [3.63, 3.8) is 0 Å². The molecule has 1 heterocycles. The first kappa shape index (κ1) is 21.5. The average molecular weight is 411 g/mol. The average Bonchev–Trinajstić information content (AvgIpc) is 2.77. The molecule has 0 atom stereocenters. The fourth-order valence-corrected chi connectivity index (χ4v) is 3.63. The van der Waals surface area contributed by atoms with E-state index in [0.29, 0.717) is 18.7 Å². The maximum absolute atomic E-state index is 12.3. The molecule has 0 bridgehead atoms. The second kappa shape index (κ2) is 10.0. The fourth-order valence-electron chi connectivity index (χ4n) is 3.63. The minimum absolute atomic E-state index is 0.0663. The molecular formula is C23H30N4O3. The van der Waals surface area contributed by atoms with Crippen molar-refractivity contribution in [2.75, 3.05) is 40.9 Å². The van der Waals surface area contributed by atoms with Crippen molar-refractivity contribution in [2.45, 2.75) is 19.9 Å². The summed E-state index contributed by atoms with van der Waals surface area (Å²) in [6.45, 7) is 4.69. The first-order valence-electron chi connectivity index (χ1n) is 10.1. The molecule has 0 aromatic heterocycles. The number of fused-ring (bicyclic) bond motifs is 1. The van der Waals surface area contributed by atoms with Crippen LogP contribution in [0.1, 0.15) is 27.0 Å². The number of carbonyl (C=O) groups is 1. The number of ether oxygens (including phenoxy) is 2. The Morgan fingerprint density at radius 3 is 2.43 bits per heavy atom. The van der Waals surface area contributed by atoms with Gasteiger partial charge in [-0.25, -0.2) is 0 Å². The van der Waals surface area contributed by atoms with Gasteiger partial charge in [0, 0.05) is 38.8 Å². The standard InChI is InChI=1S/C23H30N4O3/c1-16-6-5-7-18(12-16)22(28)25-9-10-26-23(24-2)27-11-8-17-13-20(29-3)21(30-4)14-19(17)15-27/h5-7,12-14H,8-11,15H2,1-4H3,(H,24,26)(H,25,28). The molecule has 0 spiro atoms. The van der Waals surface area contributed by atoms with Gasteiger partial charge in [-0.3, -0.25) is 9.79 Å².